The van der Waals surface area contributed by atoms with E-state index < -0.39 is 5.97 Å². The molecule has 1 N–H and O–H groups in total. The molecule has 0 saturated carbocycles. The standard InChI is InChI=1S/C16H20O4S/c17-16(18)5-4-13-2-1-3-14(12-13)20-10-11-21-15-6-8-19-9-7-15/h1-5,12,15H,6-11H2,(H,17,18). The molecule has 0 radical (unpaired) electrons. The molecule has 1 fully saturated rings. The third-order valence-electron chi connectivity index (χ3n) is 3.15. The lowest BCUT2D eigenvalue weighted by Gasteiger charge is -2.21. The van der Waals surface area contributed by atoms with E-state index in [0.29, 0.717) is 11.9 Å². The van der Waals surface area contributed by atoms with Crippen LogP contribution in [-0.4, -0.2) is 41.9 Å². The van der Waals surface area contributed by atoms with Gasteiger partial charge < -0.3 is 14.6 Å². The van der Waals surface area contributed by atoms with Crippen LogP contribution in [0.15, 0.2) is 30.3 Å². The van der Waals surface area contributed by atoms with Crippen LogP contribution in [0, 0.1) is 0 Å². The molecule has 0 bridgehead atoms. The second-order valence-electron chi connectivity index (χ2n) is 4.78. The SMILES string of the molecule is O=C(O)C=Cc1cccc(OCCSC2CCOCC2)c1. The van der Waals surface area contributed by atoms with Gasteiger partial charge in [-0.25, -0.2) is 4.79 Å². The van der Waals surface area contributed by atoms with Gasteiger partial charge in [0, 0.05) is 30.3 Å². The van der Waals surface area contributed by atoms with Crippen LogP contribution in [-0.2, 0) is 9.53 Å². The highest BCUT2D eigenvalue weighted by atomic mass is 32.2. The van der Waals surface area contributed by atoms with Crippen molar-refractivity contribution in [1.82, 2.24) is 0 Å². The Labute approximate surface area is 129 Å². The molecule has 4 nitrogen and oxygen atoms in total. The maximum atomic E-state index is 10.5. The minimum absolute atomic E-state index is 0.661. The normalized spacial score (nSPS) is 16.2. The highest BCUT2D eigenvalue weighted by Gasteiger charge is 2.13. The molecule has 0 amide bonds. The van der Waals surface area contributed by atoms with Gasteiger partial charge in [-0.05, 0) is 36.6 Å². The fraction of sp³-hybridized carbons (Fsp3) is 0.438. The summed E-state index contributed by atoms with van der Waals surface area (Å²) in [5.41, 5.74) is 0.826. The highest BCUT2D eigenvalue weighted by molar-refractivity contribution is 7.99. The van der Waals surface area contributed by atoms with Gasteiger partial charge in [0.15, 0.2) is 0 Å². The third-order valence-corrected chi connectivity index (χ3v) is 4.50. The van der Waals surface area contributed by atoms with Crippen LogP contribution in [0.1, 0.15) is 18.4 Å². The number of hydrogen-bond donors (Lipinski definition) is 1. The summed E-state index contributed by atoms with van der Waals surface area (Å²) in [6, 6.07) is 7.45. The Bertz CT molecular complexity index is 481. The molecule has 0 spiro atoms. The first-order valence-corrected chi connectivity index (χ1v) is 8.12. The zero-order valence-corrected chi connectivity index (χ0v) is 12.7. The molecule has 0 aromatic heterocycles. The average Bonchev–Trinajstić information content (AvgIpc) is 2.51. The minimum atomic E-state index is -0.950. The number of thioether (sulfide) groups is 1. The summed E-state index contributed by atoms with van der Waals surface area (Å²) >= 11 is 1.94. The van der Waals surface area contributed by atoms with E-state index in [1.54, 1.807) is 6.08 Å². The number of aliphatic carboxylic acids is 1. The lowest BCUT2D eigenvalue weighted by atomic mass is 10.2. The van der Waals surface area contributed by atoms with Gasteiger partial charge in [0.05, 0.1) is 6.61 Å². The smallest absolute Gasteiger partial charge is 0.328 e. The Morgan fingerprint density at radius 3 is 3.00 bits per heavy atom. The molecule has 1 aliphatic heterocycles. The van der Waals surface area contributed by atoms with Crippen molar-refractivity contribution in [2.45, 2.75) is 18.1 Å². The molecule has 1 saturated heterocycles. The molecule has 1 heterocycles. The summed E-state index contributed by atoms with van der Waals surface area (Å²) in [7, 11) is 0. The van der Waals surface area contributed by atoms with Gasteiger partial charge in [-0.2, -0.15) is 11.8 Å². The van der Waals surface area contributed by atoms with Crippen molar-refractivity contribution in [3.05, 3.63) is 35.9 Å². The maximum Gasteiger partial charge on any atom is 0.328 e. The molecular formula is C16H20O4S. The number of hydrogen-bond acceptors (Lipinski definition) is 4. The topological polar surface area (TPSA) is 55.8 Å². The quantitative estimate of drug-likeness (QED) is 0.620. The summed E-state index contributed by atoms with van der Waals surface area (Å²) in [5.74, 6) is 0.782. The molecular weight excluding hydrogens is 288 g/mol. The van der Waals surface area contributed by atoms with Gasteiger partial charge in [-0.15, -0.1) is 0 Å². The number of carbonyl (C=O) groups is 1. The lowest BCUT2D eigenvalue weighted by Crippen LogP contribution is -2.18. The molecule has 0 aliphatic carbocycles. The number of carboxylic acid groups (broad SMARTS) is 1. The minimum Gasteiger partial charge on any atom is -0.493 e. The van der Waals surface area contributed by atoms with Crippen molar-refractivity contribution < 1.29 is 19.4 Å². The Balaban J connectivity index is 1.72. The van der Waals surface area contributed by atoms with E-state index in [2.05, 4.69) is 0 Å². The zero-order valence-electron chi connectivity index (χ0n) is 11.9. The average molecular weight is 308 g/mol. The highest BCUT2D eigenvalue weighted by Crippen LogP contribution is 2.22. The number of rotatable bonds is 7. The predicted molar refractivity (Wildman–Crippen MR) is 84.9 cm³/mol. The second kappa shape index (κ2) is 8.74. The van der Waals surface area contributed by atoms with E-state index in [1.807, 2.05) is 36.0 Å². The first kappa shape index (κ1) is 15.9. The van der Waals surface area contributed by atoms with Crippen molar-refractivity contribution in [1.29, 1.82) is 0 Å². The maximum absolute atomic E-state index is 10.5. The first-order chi connectivity index (χ1) is 10.2. The van der Waals surface area contributed by atoms with Crippen molar-refractivity contribution in [2.75, 3.05) is 25.6 Å². The van der Waals surface area contributed by atoms with Crippen LogP contribution >= 0.6 is 11.8 Å². The molecule has 1 aromatic carbocycles. The third kappa shape index (κ3) is 6.23. The molecule has 2 rings (SSSR count). The van der Waals surface area contributed by atoms with E-state index in [4.69, 9.17) is 14.6 Å². The van der Waals surface area contributed by atoms with E-state index in [0.717, 1.165) is 49.2 Å². The summed E-state index contributed by atoms with van der Waals surface area (Å²) in [6.45, 7) is 2.40. The molecule has 21 heavy (non-hydrogen) atoms. The van der Waals surface area contributed by atoms with Gasteiger partial charge in [-0.1, -0.05) is 12.1 Å². The number of ether oxygens (including phenoxy) is 2. The van der Waals surface area contributed by atoms with Crippen LogP contribution in [0.4, 0.5) is 0 Å². The van der Waals surface area contributed by atoms with Gasteiger partial charge >= 0.3 is 5.97 Å². The van der Waals surface area contributed by atoms with E-state index in [9.17, 15) is 4.79 Å². The molecule has 0 unspecified atom stereocenters. The van der Waals surface area contributed by atoms with E-state index >= 15 is 0 Å². The Kier molecular flexibility index (Phi) is 6.63. The van der Waals surface area contributed by atoms with Gasteiger partial charge in [0.2, 0.25) is 0 Å². The second-order valence-corrected chi connectivity index (χ2v) is 6.18. The van der Waals surface area contributed by atoms with Crippen molar-refractivity contribution in [2.24, 2.45) is 0 Å². The Morgan fingerprint density at radius 1 is 1.43 bits per heavy atom. The van der Waals surface area contributed by atoms with Gasteiger partial charge in [-0.3, -0.25) is 0 Å². The number of benzene rings is 1. The van der Waals surface area contributed by atoms with Gasteiger partial charge in [0.25, 0.3) is 0 Å². The van der Waals surface area contributed by atoms with Crippen LogP contribution < -0.4 is 4.74 Å². The van der Waals surface area contributed by atoms with Crippen molar-refractivity contribution in [3.8, 4) is 5.75 Å². The Hall–Kier alpha value is -1.46. The summed E-state index contributed by atoms with van der Waals surface area (Å²) in [5, 5.41) is 9.30. The molecule has 1 aliphatic rings. The first-order valence-electron chi connectivity index (χ1n) is 7.07. The van der Waals surface area contributed by atoms with Crippen LogP contribution in [0.5, 0.6) is 5.75 Å². The van der Waals surface area contributed by atoms with Crippen LogP contribution in [0.3, 0.4) is 0 Å². The Morgan fingerprint density at radius 2 is 2.24 bits per heavy atom. The van der Waals surface area contributed by atoms with Crippen LogP contribution in [0.25, 0.3) is 6.08 Å². The van der Waals surface area contributed by atoms with Crippen molar-refractivity contribution in [3.63, 3.8) is 0 Å². The monoisotopic (exact) mass is 308 g/mol. The molecule has 114 valence electrons. The van der Waals surface area contributed by atoms with E-state index in [-0.39, 0.29) is 0 Å². The predicted octanol–water partition coefficient (Wildman–Crippen LogP) is 3.08. The fourth-order valence-electron chi connectivity index (χ4n) is 2.09. The lowest BCUT2D eigenvalue weighted by molar-refractivity contribution is -0.131. The van der Waals surface area contributed by atoms with Crippen LogP contribution in [0.2, 0.25) is 0 Å². The largest absolute Gasteiger partial charge is 0.493 e. The molecule has 5 heteroatoms. The molecule has 1 aromatic rings. The summed E-state index contributed by atoms with van der Waals surface area (Å²) in [4.78, 5) is 10.5. The zero-order chi connectivity index (χ0) is 14.9. The summed E-state index contributed by atoms with van der Waals surface area (Å²) in [6.07, 6.45) is 4.94. The number of carboxylic acids is 1. The van der Waals surface area contributed by atoms with Crippen molar-refractivity contribution >= 4 is 23.8 Å². The summed E-state index contributed by atoms with van der Waals surface area (Å²) < 4.78 is 11.0. The molecule has 0 atom stereocenters. The fourth-order valence-corrected chi connectivity index (χ4v) is 3.13. The van der Waals surface area contributed by atoms with E-state index in [1.165, 1.54) is 0 Å². The van der Waals surface area contributed by atoms with Gasteiger partial charge in [0.1, 0.15) is 5.75 Å².